The van der Waals surface area contributed by atoms with Gasteiger partial charge in [0.15, 0.2) is 0 Å². The Bertz CT molecular complexity index is 239. The van der Waals surface area contributed by atoms with Crippen LogP contribution in [0.5, 0.6) is 0 Å². The molecule has 0 aromatic heterocycles. The highest BCUT2D eigenvalue weighted by atomic mass is 16.4. The maximum atomic E-state index is 10.4. The van der Waals surface area contributed by atoms with Gasteiger partial charge in [-0.2, -0.15) is 0 Å². The minimum absolute atomic E-state index is 0.146. The first-order valence-corrected chi connectivity index (χ1v) is 7.99. The van der Waals surface area contributed by atoms with E-state index in [-0.39, 0.29) is 5.71 Å². The molecule has 0 saturated heterocycles. The lowest BCUT2D eigenvalue weighted by atomic mass is 10.0. The van der Waals surface area contributed by atoms with E-state index in [2.05, 4.69) is 6.92 Å². The zero-order chi connectivity index (χ0) is 14.3. The number of aliphatic carboxylic acids is 1. The van der Waals surface area contributed by atoms with Crippen molar-refractivity contribution in [2.45, 2.75) is 90.4 Å². The van der Waals surface area contributed by atoms with Crippen molar-refractivity contribution in [2.24, 2.45) is 0 Å². The van der Waals surface area contributed by atoms with Crippen LogP contribution in [0.3, 0.4) is 0 Å². The van der Waals surface area contributed by atoms with Gasteiger partial charge in [-0.25, -0.2) is 4.79 Å². The third kappa shape index (κ3) is 13.4. The second-order valence-corrected chi connectivity index (χ2v) is 5.42. The largest absolute Gasteiger partial charge is 0.477 e. The first-order chi connectivity index (χ1) is 9.18. The summed E-state index contributed by atoms with van der Waals surface area (Å²) in [5, 5.41) is 15.7. The number of carboxylic acids is 1. The second-order valence-electron chi connectivity index (χ2n) is 5.42. The van der Waals surface area contributed by atoms with E-state index in [1.165, 1.54) is 64.2 Å². The van der Waals surface area contributed by atoms with Gasteiger partial charge in [0.1, 0.15) is 5.71 Å². The molecule has 0 radical (unpaired) electrons. The number of nitrogens with one attached hydrogen (secondary N) is 1. The van der Waals surface area contributed by atoms with E-state index in [9.17, 15) is 4.79 Å². The first-order valence-electron chi connectivity index (χ1n) is 7.99. The normalized spacial score (nSPS) is 10.6. The van der Waals surface area contributed by atoms with Crippen molar-refractivity contribution < 1.29 is 9.90 Å². The standard InChI is InChI=1S/C16H31NO2/c1-2-3-4-5-6-7-8-9-10-11-12-13-14-15(17)16(18)19/h17H,2-14H2,1H3,(H,18,19). The zero-order valence-corrected chi connectivity index (χ0v) is 12.5. The van der Waals surface area contributed by atoms with Crippen LogP contribution in [0.2, 0.25) is 0 Å². The maximum Gasteiger partial charge on any atom is 0.349 e. The van der Waals surface area contributed by atoms with Crippen LogP contribution in [0, 0.1) is 5.41 Å². The van der Waals surface area contributed by atoms with Gasteiger partial charge in [-0.1, -0.05) is 77.6 Å². The molecule has 0 aliphatic carbocycles. The Morgan fingerprint density at radius 3 is 1.53 bits per heavy atom. The number of hydrogen-bond donors (Lipinski definition) is 2. The molecule has 19 heavy (non-hydrogen) atoms. The molecule has 0 rings (SSSR count). The van der Waals surface area contributed by atoms with Gasteiger partial charge < -0.3 is 5.11 Å². The monoisotopic (exact) mass is 269 g/mol. The van der Waals surface area contributed by atoms with Crippen molar-refractivity contribution in [1.29, 1.82) is 5.41 Å². The Morgan fingerprint density at radius 1 is 0.789 bits per heavy atom. The van der Waals surface area contributed by atoms with Crippen LogP contribution in [0.1, 0.15) is 90.4 Å². The lowest BCUT2D eigenvalue weighted by Gasteiger charge is -2.02. The average molecular weight is 269 g/mol. The Hall–Kier alpha value is -0.860. The summed E-state index contributed by atoms with van der Waals surface area (Å²) >= 11 is 0. The number of unbranched alkanes of at least 4 members (excludes halogenated alkanes) is 11. The summed E-state index contributed by atoms with van der Waals surface area (Å²) in [4.78, 5) is 10.4. The van der Waals surface area contributed by atoms with Crippen molar-refractivity contribution in [3.8, 4) is 0 Å². The minimum Gasteiger partial charge on any atom is -0.477 e. The quantitative estimate of drug-likeness (QED) is 0.337. The molecular formula is C16H31NO2. The molecule has 0 saturated carbocycles. The van der Waals surface area contributed by atoms with E-state index in [1.54, 1.807) is 0 Å². The SMILES string of the molecule is CCCCCCCCCCCCCCC(=N)C(=O)O. The van der Waals surface area contributed by atoms with Gasteiger partial charge in [0.05, 0.1) is 0 Å². The van der Waals surface area contributed by atoms with Crippen molar-refractivity contribution in [3.05, 3.63) is 0 Å². The topological polar surface area (TPSA) is 61.2 Å². The van der Waals surface area contributed by atoms with Crippen LogP contribution in [0.4, 0.5) is 0 Å². The predicted octanol–water partition coefficient (Wildman–Crippen LogP) is 5.18. The molecule has 0 atom stereocenters. The Kier molecular flexibility index (Phi) is 13.0. The molecule has 0 aliphatic heterocycles. The second kappa shape index (κ2) is 13.6. The van der Waals surface area contributed by atoms with Gasteiger partial charge in [0.2, 0.25) is 0 Å². The minimum atomic E-state index is -1.07. The molecule has 0 bridgehead atoms. The summed E-state index contributed by atoms with van der Waals surface area (Å²) in [7, 11) is 0. The van der Waals surface area contributed by atoms with Gasteiger partial charge >= 0.3 is 5.97 Å². The van der Waals surface area contributed by atoms with E-state index in [0.717, 1.165) is 12.8 Å². The molecule has 0 aromatic carbocycles. The average Bonchev–Trinajstić information content (AvgIpc) is 2.39. The Morgan fingerprint density at radius 2 is 1.16 bits per heavy atom. The summed E-state index contributed by atoms with van der Waals surface area (Å²) in [5.74, 6) is -1.07. The summed E-state index contributed by atoms with van der Waals surface area (Å²) in [6.07, 6.45) is 15.7. The molecule has 112 valence electrons. The van der Waals surface area contributed by atoms with E-state index in [1.807, 2.05) is 0 Å². The van der Waals surface area contributed by atoms with Crippen LogP contribution in [-0.2, 0) is 4.79 Å². The van der Waals surface area contributed by atoms with Crippen molar-refractivity contribution >= 4 is 11.7 Å². The predicted molar refractivity (Wildman–Crippen MR) is 81.1 cm³/mol. The van der Waals surface area contributed by atoms with E-state index < -0.39 is 5.97 Å². The summed E-state index contributed by atoms with van der Waals surface area (Å²) < 4.78 is 0. The summed E-state index contributed by atoms with van der Waals surface area (Å²) in [6.45, 7) is 2.25. The molecule has 3 nitrogen and oxygen atoms in total. The third-order valence-electron chi connectivity index (χ3n) is 3.54. The molecule has 3 heteroatoms. The lowest BCUT2D eigenvalue weighted by Crippen LogP contribution is -2.10. The highest BCUT2D eigenvalue weighted by Crippen LogP contribution is 2.12. The molecule has 0 amide bonds. The van der Waals surface area contributed by atoms with Crippen molar-refractivity contribution in [1.82, 2.24) is 0 Å². The van der Waals surface area contributed by atoms with Gasteiger partial charge in [0.25, 0.3) is 0 Å². The molecular weight excluding hydrogens is 238 g/mol. The fourth-order valence-electron chi connectivity index (χ4n) is 2.25. The highest BCUT2D eigenvalue weighted by Gasteiger charge is 2.04. The molecule has 2 N–H and O–H groups in total. The molecule has 0 heterocycles. The number of carbonyl (C=O) groups is 1. The van der Waals surface area contributed by atoms with Gasteiger partial charge in [-0.3, -0.25) is 5.41 Å². The van der Waals surface area contributed by atoms with Gasteiger partial charge in [-0.05, 0) is 12.8 Å². The number of carboxylic acid groups (broad SMARTS) is 1. The summed E-state index contributed by atoms with van der Waals surface area (Å²) in [6, 6.07) is 0. The molecule has 0 fully saturated rings. The van der Waals surface area contributed by atoms with Crippen LogP contribution >= 0.6 is 0 Å². The molecule has 0 spiro atoms. The van der Waals surface area contributed by atoms with Crippen molar-refractivity contribution in [3.63, 3.8) is 0 Å². The highest BCUT2D eigenvalue weighted by molar-refractivity contribution is 6.34. The van der Waals surface area contributed by atoms with E-state index in [4.69, 9.17) is 10.5 Å². The Balaban J connectivity index is 3.07. The Labute approximate surface area is 118 Å². The van der Waals surface area contributed by atoms with E-state index >= 15 is 0 Å². The molecule has 0 aromatic rings. The van der Waals surface area contributed by atoms with Crippen molar-refractivity contribution in [2.75, 3.05) is 0 Å². The lowest BCUT2D eigenvalue weighted by molar-refractivity contribution is -0.129. The maximum absolute atomic E-state index is 10.4. The van der Waals surface area contributed by atoms with Crippen LogP contribution in [-0.4, -0.2) is 16.8 Å². The van der Waals surface area contributed by atoms with Crippen LogP contribution in [0.25, 0.3) is 0 Å². The van der Waals surface area contributed by atoms with E-state index in [0.29, 0.717) is 6.42 Å². The van der Waals surface area contributed by atoms with Crippen LogP contribution < -0.4 is 0 Å². The van der Waals surface area contributed by atoms with Crippen LogP contribution in [0.15, 0.2) is 0 Å². The fraction of sp³-hybridized carbons (Fsp3) is 0.875. The van der Waals surface area contributed by atoms with Gasteiger partial charge in [0, 0.05) is 0 Å². The van der Waals surface area contributed by atoms with Gasteiger partial charge in [-0.15, -0.1) is 0 Å². The first kappa shape index (κ1) is 18.1. The smallest absolute Gasteiger partial charge is 0.349 e. The number of hydrogen-bond acceptors (Lipinski definition) is 2. The third-order valence-corrected chi connectivity index (χ3v) is 3.54. The number of rotatable bonds is 14. The fourth-order valence-corrected chi connectivity index (χ4v) is 2.25. The molecule has 0 aliphatic rings. The zero-order valence-electron chi connectivity index (χ0n) is 12.5. The summed E-state index contributed by atoms with van der Waals surface area (Å²) in [5.41, 5.74) is -0.146. The molecule has 0 unspecified atom stereocenters.